The number of nitrogens with zero attached hydrogens (tertiary/aromatic N) is 3. The highest BCUT2D eigenvalue weighted by molar-refractivity contribution is 5.43. The average Bonchev–Trinajstić information content (AvgIpc) is 2.63. The highest BCUT2D eigenvalue weighted by atomic mass is 15.2. The van der Waals surface area contributed by atoms with Gasteiger partial charge in [-0.15, -0.1) is 0 Å². The van der Waals surface area contributed by atoms with Crippen molar-refractivity contribution in [3.8, 4) is 0 Å². The maximum Gasteiger partial charge on any atom is 0.227 e. The first-order valence-electron chi connectivity index (χ1n) is 8.12. The Kier molecular flexibility index (Phi) is 5.06. The third-order valence-electron chi connectivity index (χ3n) is 3.91. The maximum atomic E-state index is 4.64. The highest BCUT2D eigenvalue weighted by Crippen LogP contribution is 2.19. The van der Waals surface area contributed by atoms with Gasteiger partial charge in [0.05, 0.1) is 0 Å². The standard InChI is InChI=1S/C20H22N4/c1-16(18-11-7-4-8-12-18)22-19-13-14-21-20(23-19)24(2)15-17-9-5-3-6-10-17/h3-14,16H,15H2,1-2H3,(H,21,22,23). The zero-order valence-corrected chi connectivity index (χ0v) is 14.1. The predicted molar refractivity (Wildman–Crippen MR) is 99.1 cm³/mol. The molecule has 122 valence electrons. The molecule has 24 heavy (non-hydrogen) atoms. The molecule has 0 fully saturated rings. The fraction of sp³-hybridized carbons (Fsp3) is 0.200. The van der Waals surface area contributed by atoms with E-state index in [1.165, 1.54) is 11.1 Å². The van der Waals surface area contributed by atoms with Crippen molar-refractivity contribution in [1.82, 2.24) is 9.97 Å². The van der Waals surface area contributed by atoms with Crippen LogP contribution in [0, 0.1) is 0 Å². The molecular weight excluding hydrogens is 296 g/mol. The molecule has 0 aliphatic carbocycles. The topological polar surface area (TPSA) is 41.1 Å². The van der Waals surface area contributed by atoms with Crippen molar-refractivity contribution in [1.29, 1.82) is 0 Å². The second-order valence-corrected chi connectivity index (χ2v) is 5.86. The molecule has 4 heteroatoms. The van der Waals surface area contributed by atoms with E-state index in [9.17, 15) is 0 Å². The van der Waals surface area contributed by atoms with Crippen LogP contribution < -0.4 is 10.2 Å². The van der Waals surface area contributed by atoms with E-state index in [0.29, 0.717) is 5.95 Å². The summed E-state index contributed by atoms with van der Waals surface area (Å²) < 4.78 is 0. The van der Waals surface area contributed by atoms with E-state index in [1.54, 1.807) is 6.20 Å². The number of anilines is 2. The SMILES string of the molecule is CC(Nc1ccnc(N(C)Cc2ccccc2)n1)c1ccccc1. The molecule has 0 amide bonds. The van der Waals surface area contributed by atoms with Crippen LogP contribution in [0.15, 0.2) is 72.9 Å². The summed E-state index contributed by atoms with van der Waals surface area (Å²) in [4.78, 5) is 11.1. The van der Waals surface area contributed by atoms with E-state index in [2.05, 4.69) is 46.5 Å². The lowest BCUT2D eigenvalue weighted by Gasteiger charge is -2.19. The Morgan fingerprint density at radius 2 is 1.62 bits per heavy atom. The summed E-state index contributed by atoms with van der Waals surface area (Å²) >= 11 is 0. The molecule has 1 heterocycles. The van der Waals surface area contributed by atoms with Crippen LogP contribution in [-0.2, 0) is 6.54 Å². The first kappa shape index (κ1) is 16.0. The second-order valence-electron chi connectivity index (χ2n) is 5.86. The molecular formula is C20H22N4. The van der Waals surface area contributed by atoms with Gasteiger partial charge in [0.15, 0.2) is 0 Å². The van der Waals surface area contributed by atoms with Crippen LogP contribution in [0.2, 0.25) is 0 Å². The molecule has 0 aliphatic rings. The molecule has 1 N–H and O–H groups in total. The summed E-state index contributed by atoms with van der Waals surface area (Å²) in [6.07, 6.45) is 1.80. The molecule has 0 saturated carbocycles. The molecule has 0 spiro atoms. The third-order valence-corrected chi connectivity index (χ3v) is 3.91. The Hall–Kier alpha value is -2.88. The van der Waals surface area contributed by atoms with E-state index in [-0.39, 0.29) is 6.04 Å². The average molecular weight is 318 g/mol. The molecule has 0 saturated heterocycles. The van der Waals surface area contributed by atoms with E-state index in [0.717, 1.165) is 12.4 Å². The second kappa shape index (κ2) is 7.59. The van der Waals surface area contributed by atoms with Crippen LogP contribution in [-0.4, -0.2) is 17.0 Å². The minimum absolute atomic E-state index is 0.188. The Morgan fingerprint density at radius 3 is 2.33 bits per heavy atom. The first-order chi connectivity index (χ1) is 11.7. The molecule has 4 nitrogen and oxygen atoms in total. The number of hydrogen-bond donors (Lipinski definition) is 1. The third kappa shape index (κ3) is 4.10. The van der Waals surface area contributed by atoms with Gasteiger partial charge in [-0.2, -0.15) is 4.98 Å². The van der Waals surface area contributed by atoms with E-state index in [4.69, 9.17) is 0 Å². The molecule has 0 radical (unpaired) electrons. The Bertz CT molecular complexity index is 759. The number of nitrogens with one attached hydrogen (secondary N) is 1. The highest BCUT2D eigenvalue weighted by Gasteiger charge is 2.09. The van der Waals surface area contributed by atoms with E-state index in [1.807, 2.05) is 54.4 Å². The van der Waals surface area contributed by atoms with E-state index >= 15 is 0 Å². The van der Waals surface area contributed by atoms with Crippen LogP contribution >= 0.6 is 0 Å². The van der Waals surface area contributed by atoms with Crippen LogP contribution in [0.5, 0.6) is 0 Å². The fourth-order valence-corrected chi connectivity index (χ4v) is 2.59. The van der Waals surface area contributed by atoms with Gasteiger partial charge in [-0.05, 0) is 24.1 Å². The van der Waals surface area contributed by atoms with Crippen molar-refractivity contribution in [2.24, 2.45) is 0 Å². The van der Waals surface area contributed by atoms with Gasteiger partial charge in [0.25, 0.3) is 0 Å². The predicted octanol–water partition coefficient (Wildman–Crippen LogP) is 4.29. The van der Waals surface area contributed by atoms with Crippen molar-refractivity contribution in [3.63, 3.8) is 0 Å². The Morgan fingerprint density at radius 1 is 0.958 bits per heavy atom. The van der Waals surface area contributed by atoms with Crippen LogP contribution in [0.1, 0.15) is 24.1 Å². The molecule has 1 unspecified atom stereocenters. The lowest BCUT2D eigenvalue weighted by atomic mass is 10.1. The monoisotopic (exact) mass is 318 g/mol. The minimum atomic E-state index is 0.188. The zero-order chi connectivity index (χ0) is 16.8. The smallest absolute Gasteiger partial charge is 0.227 e. The van der Waals surface area contributed by atoms with Gasteiger partial charge in [0.2, 0.25) is 5.95 Å². The van der Waals surface area contributed by atoms with Crippen LogP contribution in [0.3, 0.4) is 0 Å². The zero-order valence-electron chi connectivity index (χ0n) is 14.1. The maximum absolute atomic E-state index is 4.64. The van der Waals surface area contributed by atoms with Gasteiger partial charge in [-0.25, -0.2) is 4.98 Å². The van der Waals surface area contributed by atoms with Crippen molar-refractivity contribution in [2.45, 2.75) is 19.5 Å². The quantitative estimate of drug-likeness (QED) is 0.736. The lowest BCUT2D eigenvalue weighted by molar-refractivity contribution is 0.845. The molecule has 1 atom stereocenters. The molecule has 3 rings (SSSR count). The van der Waals surface area contributed by atoms with Crippen molar-refractivity contribution in [3.05, 3.63) is 84.1 Å². The number of rotatable bonds is 6. The van der Waals surface area contributed by atoms with Gasteiger partial charge >= 0.3 is 0 Å². The van der Waals surface area contributed by atoms with Crippen molar-refractivity contribution in [2.75, 3.05) is 17.3 Å². The van der Waals surface area contributed by atoms with Gasteiger partial charge < -0.3 is 10.2 Å². The normalized spacial score (nSPS) is 11.8. The Balaban J connectivity index is 1.69. The summed E-state index contributed by atoms with van der Waals surface area (Å²) in [6.45, 7) is 2.91. The van der Waals surface area contributed by atoms with Gasteiger partial charge in [-0.3, -0.25) is 0 Å². The van der Waals surface area contributed by atoms with Crippen molar-refractivity contribution >= 4 is 11.8 Å². The van der Waals surface area contributed by atoms with Gasteiger partial charge in [0, 0.05) is 25.8 Å². The fourth-order valence-electron chi connectivity index (χ4n) is 2.59. The molecule has 3 aromatic rings. The summed E-state index contributed by atoms with van der Waals surface area (Å²) in [5, 5.41) is 3.44. The number of aromatic nitrogens is 2. The minimum Gasteiger partial charge on any atom is -0.363 e. The summed E-state index contributed by atoms with van der Waals surface area (Å²) in [5.74, 6) is 1.54. The summed E-state index contributed by atoms with van der Waals surface area (Å²) in [6, 6.07) is 22.8. The van der Waals surface area contributed by atoms with Crippen molar-refractivity contribution < 1.29 is 0 Å². The molecule has 0 aliphatic heterocycles. The summed E-state index contributed by atoms with van der Waals surface area (Å²) in [7, 11) is 2.01. The number of benzene rings is 2. The molecule has 1 aromatic heterocycles. The lowest BCUT2D eigenvalue weighted by Crippen LogP contribution is -2.19. The Labute approximate surface area is 143 Å². The first-order valence-corrected chi connectivity index (χ1v) is 8.12. The van der Waals surface area contributed by atoms with Gasteiger partial charge in [-0.1, -0.05) is 60.7 Å². The molecule has 2 aromatic carbocycles. The van der Waals surface area contributed by atoms with Crippen LogP contribution in [0.25, 0.3) is 0 Å². The molecule has 0 bridgehead atoms. The van der Waals surface area contributed by atoms with E-state index < -0.39 is 0 Å². The van der Waals surface area contributed by atoms with Crippen LogP contribution in [0.4, 0.5) is 11.8 Å². The number of hydrogen-bond acceptors (Lipinski definition) is 4. The largest absolute Gasteiger partial charge is 0.363 e. The van der Waals surface area contributed by atoms with Gasteiger partial charge in [0.1, 0.15) is 5.82 Å². The summed E-state index contributed by atoms with van der Waals surface area (Å²) in [5.41, 5.74) is 2.47.